The van der Waals surface area contributed by atoms with Gasteiger partial charge in [0.25, 0.3) is 0 Å². The quantitative estimate of drug-likeness (QED) is 0.489. The van der Waals surface area contributed by atoms with Crippen molar-refractivity contribution >= 4 is 5.69 Å². The summed E-state index contributed by atoms with van der Waals surface area (Å²) in [5, 5.41) is 20.2. The number of nitrogens with two attached hydrogens (primary N) is 1. The van der Waals surface area contributed by atoms with E-state index in [2.05, 4.69) is 0 Å². The van der Waals surface area contributed by atoms with Crippen molar-refractivity contribution < 1.29 is 10.2 Å². The van der Waals surface area contributed by atoms with E-state index in [0.29, 0.717) is 11.3 Å². The van der Waals surface area contributed by atoms with E-state index < -0.39 is 0 Å². The first-order valence-corrected chi connectivity index (χ1v) is 6.62. The van der Waals surface area contributed by atoms with Gasteiger partial charge in [0.15, 0.2) is 0 Å². The second-order valence-corrected chi connectivity index (χ2v) is 4.87. The van der Waals surface area contributed by atoms with Gasteiger partial charge in [0.2, 0.25) is 0 Å². The van der Waals surface area contributed by atoms with Gasteiger partial charge in [-0.3, -0.25) is 0 Å². The number of aromatic hydroxyl groups is 2. The van der Waals surface area contributed by atoms with Crippen LogP contribution < -0.4 is 5.73 Å². The van der Waals surface area contributed by atoms with Crippen molar-refractivity contribution in [2.45, 2.75) is 0 Å². The van der Waals surface area contributed by atoms with Crippen molar-refractivity contribution in [2.24, 2.45) is 0 Å². The van der Waals surface area contributed by atoms with Crippen molar-refractivity contribution in [1.29, 1.82) is 0 Å². The van der Waals surface area contributed by atoms with Crippen LogP contribution in [0, 0.1) is 0 Å². The van der Waals surface area contributed by atoms with Crippen LogP contribution in [0.1, 0.15) is 0 Å². The van der Waals surface area contributed by atoms with E-state index in [4.69, 9.17) is 5.73 Å². The SMILES string of the molecule is Nc1ccc(O)c(-c2ccc(-c3ccccc3)c(O)c2)c1. The number of anilines is 1. The smallest absolute Gasteiger partial charge is 0.124 e. The molecule has 0 radical (unpaired) electrons. The molecule has 0 aliphatic heterocycles. The Morgan fingerprint density at radius 3 is 2.10 bits per heavy atom. The molecular weight excluding hydrogens is 262 g/mol. The van der Waals surface area contributed by atoms with Crippen LogP contribution in [0.5, 0.6) is 11.5 Å². The maximum atomic E-state index is 10.3. The van der Waals surface area contributed by atoms with E-state index in [1.54, 1.807) is 24.3 Å². The fourth-order valence-electron chi connectivity index (χ4n) is 2.35. The number of benzene rings is 3. The molecular formula is C18H15NO2. The topological polar surface area (TPSA) is 66.5 Å². The summed E-state index contributed by atoms with van der Waals surface area (Å²) in [5.41, 5.74) is 9.33. The van der Waals surface area contributed by atoms with Gasteiger partial charge < -0.3 is 15.9 Å². The summed E-state index contributed by atoms with van der Waals surface area (Å²) in [7, 11) is 0. The van der Waals surface area contributed by atoms with Gasteiger partial charge >= 0.3 is 0 Å². The molecule has 3 heteroatoms. The molecule has 0 fully saturated rings. The number of nitrogen functional groups attached to an aromatic ring is 1. The Bertz CT molecular complexity index is 782. The molecule has 0 atom stereocenters. The van der Waals surface area contributed by atoms with Crippen molar-refractivity contribution in [3.63, 3.8) is 0 Å². The van der Waals surface area contributed by atoms with Crippen molar-refractivity contribution in [2.75, 3.05) is 5.73 Å². The summed E-state index contributed by atoms with van der Waals surface area (Å²) < 4.78 is 0. The Labute approximate surface area is 122 Å². The van der Waals surface area contributed by atoms with Gasteiger partial charge in [-0.05, 0) is 35.4 Å². The second kappa shape index (κ2) is 5.21. The zero-order valence-electron chi connectivity index (χ0n) is 11.3. The Balaban J connectivity index is 2.08. The van der Waals surface area contributed by atoms with E-state index >= 15 is 0 Å². The van der Waals surface area contributed by atoms with Gasteiger partial charge in [0.1, 0.15) is 11.5 Å². The minimum absolute atomic E-state index is 0.135. The third-order valence-electron chi connectivity index (χ3n) is 3.41. The van der Waals surface area contributed by atoms with Crippen LogP contribution in [0.3, 0.4) is 0 Å². The molecule has 104 valence electrons. The van der Waals surface area contributed by atoms with Gasteiger partial charge in [0.05, 0.1) is 0 Å². The zero-order valence-corrected chi connectivity index (χ0v) is 11.3. The average molecular weight is 277 g/mol. The van der Waals surface area contributed by atoms with E-state index in [-0.39, 0.29) is 11.5 Å². The maximum Gasteiger partial charge on any atom is 0.124 e. The minimum atomic E-state index is 0.135. The van der Waals surface area contributed by atoms with Crippen molar-refractivity contribution in [1.82, 2.24) is 0 Å². The number of phenolic OH excluding ortho intramolecular Hbond substituents is 2. The third kappa shape index (κ3) is 2.54. The Kier molecular flexibility index (Phi) is 3.24. The number of hydrogen-bond donors (Lipinski definition) is 3. The number of hydrogen-bond acceptors (Lipinski definition) is 3. The molecule has 0 saturated carbocycles. The fraction of sp³-hybridized carbons (Fsp3) is 0. The summed E-state index contributed by atoms with van der Waals surface area (Å²) in [6, 6.07) is 19.9. The molecule has 0 bridgehead atoms. The molecule has 0 aromatic heterocycles. The summed E-state index contributed by atoms with van der Waals surface area (Å²) in [6.07, 6.45) is 0. The fourth-order valence-corrected chi connectivity index (χ4v) is 2.35. The zero-order chi connectivity index (χ0) is 14.8. The molecule has 0 amide bonds. The maximum absolute atomic E-state index is 10.3. The minimum Gasteiger partial charge on any atom is -0.507 e. The summed E-state index contributed by atoms with van der Waals surface area (Å²) in [4.78, 5) is 0. The molecule has 0 aliphatic carbocycles. The monoisotopic (exact) mass is 277 g/mol. The lowest BCUT2D eigenvalue weighted by molar-refractivity contribution is 0.475. The molecule has 0 spiro atoms. The first kappa shape index (κ1) is 13.1. The number of rotatable bonds is 2. The highest BCUT2D eigenvalue weighted by Gasteiger charge is 2.09. The third-order valence-corrected chi connectivity index (χ3v) is 3.41. The molecule has 3 rings (SSSR count). The summed E-state index contributed by atoms with van der Waals surface area (Å²) in [6.45, 7) is 0. The first-order chi connectivity index (χ1) is 10.1. The van der Waals surface area contributed by atoms with Gasteiger partial charge in [-0.25, -0.2) is 0 Å². The molecule has 0 unspecified atom stereocenters. The van der Waals surface area contributed by atoms with Gasteiger partial charge in [-0.1, -0.05) is 42.5 Å². The largest absolute Gasteiger partial charge is 0.507 e. The highest BCUT2D eigenvalue weighted by atomic mass is 16.3. The predicted octanol–water partition coefficient (Wildman–Crippen LogP) is 4.01. The van der Waals surface area contributed by atoms with Crippen LogP contribution in [0.2, 0.25) is 0 Å². The lowest BCUT2D eigenvalue weighted by atomic mass is 9.98. The molecule has 0 saturated heterocycles. The van der Waals surface area contributed by atoms with Crippen LogP contribution in [0.4, 0.5) is 5.69 Å². The van der Waals surface area contributed by atoms with Crippen molar-refractivity contribution in [3.8, 4) is 33.8 Å². The van der Waals surface area contributed by atoms with E-state index in [9.17, 15) is 10.2 Å². The lowest BCUT2D eigenvalue weighted by Gasteiger charge is -2.10. The molecule has 4 N–H and O–H groups in total. The summed E-state index contributed by atoms with van der Waals surface area (Å²) >= 11 is 0. The molecule has 3 aromatic rings. The lowest BCUT2D eigenvalue weighted by Crippen LogP contribution is -1.87. The summed E-state index contributed by atoms with van der Waals surface area (Å²) in [5.74, 6) is 0.302. The molecule has 0 aliphatic rings. The van der Waals surface area contributed by atoms with Crippen LogP contribution in [-0.2, 0) is 0 Å². The normalized spacial score (nSPS) is 10.5. The Morgan fingerprint density at radius 1 is 0.619 bits per heavy atom. The van der Waals surface area contributed by atoms with Crippen LogP contribution in [-0.4, -0.2) is 10.2 Å². The molecule has 3 aromatic carbocycles. The van der Waals surface area contributed by atoms with Gasteiger partial charge in [-0.2, -0.15) is 0 Å². The predicted molar refractivity (Wildman–Crippen MR) is 85.1 cm³/mol. The molecule has 0 heterocycles. The van der Waals surface area contributed by atoms with Gasteiger partial charge in [-0.15, -0.1) is 0 Å². The van der Waals surface area contributed by atoms with Crippen LogP contribution in [0.25, 0.3) is 22.3 Å². The average Bonchev–Trinajstić information content (AvgIpc) is 2.50. The highest BCUT2D eigenvalue weighted by Crippen LogP contribution is 2.36. The van der Waals surface area contributed by atoms with Crippen molar-refractivity contribution in [3.05, 3.63) is 66.7 Å². The first-order valence-electron chi connectivity index (χ1n) is 6.62. The van der Waals surface area contributed by atoms with E-state index in [1.807, 2.05) is 42.5 Å². The van der Waals surface area contributed by atoms with Gasteiger partial charge in [0, 0.05) is 16.8 Å². The van der Waals surface area contributed by atoms with Crippen LogP contribution in [0.15, 0.2) is 66.7 Å². The molecule has 21 heavy (non-hydrogen) atoms. The number of phenols is 2. The van der Waals surface area contributed by atoms with Crippen LogP contribution >= 0.6 is 0 Å². The van der Waals surface area contributed by atoms with E-state index in [1.165, 1.54) is 0 Å². The van der Waals surface area contributed by atoms with E-state index in [0.717, 1.165) is 16.7 Å². The Hall–Kier alpha value is -2.94. The Morgan fingerprint density at radius 2 is 1.38 bits per heavy atom. The standard InChI is InChI=1S/C18H15NO2/c19-14-7-9-17(20)16(11-14)13-6-8-15(18(21)10-13)12-4-2-1-3-5-12/h1-11,20-21H,19H2. The second-order valence-electron chi connectivity index (χ2n) is 4.87. The molecule has 3 nitrogen and oxygen atoms in total. The highest BCUT2D eigenvalue weighted by molar-refractivity contribution is 5.79.